The van der Waals surface area contributed by atoms with Crippen molar-refractivity contribution < 1.29 is 59.1 Å². The number of phenolic OH excluding ortho intramolecular Hbond substituents is 1. The molecule has 2 aliphatic heterocycles. The van der Waals surface area contributed by atoms with Crippen molar-refractivity contribution in [2.75, 3.05) is 13.4 Å². The number of ether oxygens (including phenoxy) is 5. The van der Waals surface area contributed by atoms with Gasteiger partial charge in [-0.25, -0.2) is 4.98 Å². The smallest absolute Gasteiger partial charge is 0.247 e. The molecule has 3 aromatic rings. The lowest BCUT2D eigenvalue weighted by atomic mass is 9.83. The zero-order chi connectivity index (χ0) is 33.4. The van der Waals surface area contributed by atoms with Gasteiger partial charge >= 0.3 is 0 Å². The molecule has 3 heterocycles. The molecule has 1 saturated carbocycles. The summed E-state index contributed by atoms with van der Waals surface area (Å²) in [6, 6.07) is 8.67. The van der Waals surface area contributed by atoms with Gasteiger partial charge in [0.15, 0.2) is 11.5 Å². The summed E-state index contributed by atoms with van der Waals surface area (Å²) in [6.45, 7) is 3.29. The van der Waals surface area contributed by atoms with Gasteiger partial charge < -0.3 is 59.6 Å². The van der Waals surface area contributed by atoms with E-state index in [1.807, 2.05) is 18.2 Å². The molecule has 1 aliphatic carbocycles. The molecule has 1 amide bonds. The highest BCUT2D eigenvalue weighted by atomic mass is 32.1. The summed E-state index contributed by atoms with van der Waals surface area (Å²) >= 11 is 1.51. The molecule has 6 rings (SSSR count). The third-order valence-electron chi connectivity index (χ3n) is 8.50. The van der Waals surface area contributed by atoms with Crippen molar-refractivity contribution in [3.63, 3.8) is 0 Å². The molecule has 14 nitrogen and oxygen atoms in total. The second-order valence-electron chi connectivity index (χ2n) is 11.7. The summed E-state index contributed by atoms with van der Waals surface area (Å²) in [5.74, 6) is -0.307. The van der Waals surface area contributed by atoms with Crippen molar-refractivity contribution in [3.05, 3.63) is 64.7 Å². The van der Waals surface area contributed by atoms with Gasteiger partial charge in [0.05, 0.1) is 21.8 Å². The number of hydrogen-bond donors (Lipinski definition) is 7. The summed E-state index contributed by atoms with van der Waals surface area (Å²) in [4.78, 5) is 17.1. The number of nitrogens with one attached hydrogen (secondary N) is 1. The normalized spacial score (nSPS) is 32.7. The van der Waals surface area contributed by atoms with E-state index in [2.05, 4.69) is 10.3 Å². The number of amides is 1. The molecule has 0 spiro atoms. The first-order chi connectivity index (χ1) is 22.5. The van der Waals surface area contributed by atoms with E-state index in [1.54, 1.807) is 24.6 Å². The fourth-order valence-electron chi connectivity index (χ4n) is 5.82. The minimum atomic E-state index is -1.49. The maximum atomic E-state index is 12.9. The van der Waals surface area contributed by atoms with Crippen LogP contribution in [0.5, 0.6) is 17.2 Å². The van der Waals surface area contributed by atoms with Crippen LogP contribution in [0.25, 0.3) is 16.3 Å². The molecule has 252 valence electrons. The predicted octanol–water partition coefficient (Wildman–Crippen LogP) is 0.579. The third-order valence-corrected chi connectivity index (χ3v) is 9.29. The average molecular weight is 673 g/mol. The molecule has 2 saturated heterocycles. The predicted molar refractivity (Wildman–Crippen MR) is 166 cm³/mol. The Hall–Kier alpha value is -3.64. The van der Waals surface area contributed by atoms with Crippen LogP contribution in [0.15, 0.2) is 59.1 Å². The summed E-state index contributed by atoms with van der Waals surface area (Å²) in [5.41, 5.74) is 3.86. The van der Waals surface area contributed by atoms with Crippen LogP contribution in [-0.2, 0) is 19.0 Å². The van der Waals surface area contributed by atoms with Crippen LogP contribution in [0, 0.1) is 0 Å². The zero-order valence-corrected chi connectivity index (χ0v) is 26.2. The van der Waals surface area contributed by atoms with Crippen molar-refractivity contribution >= 4 is 33.5 Å². The monoisotopic (exact) mass is 672 g/mol. The van der Waals surface area contributed by atoms with E-state index in [-0.39, 0.29) is 30.5 Å². The summed E-state index contributed by atoms with van der Waals surface area (Å²) in [6.07, 6.45) is -7.67. The maximum absolute atomic E-state index is 12.9. The molecule has 2 aromatic carbocycles. The molecular formula is C32H36N2O12S. The van der Waals surface area contributed by atoms with Crippen LogP contribution in [0.3, 0.4) is 0 Å². The Morgan fingerprint density at radius 2 is 1.77 bits per heavy atom. The van der Waals surface area contributed by atoms with Crippen molar-refractivity contribution in [1.82, 2.24) is 10.3 Å². The standard InChI is InChI=1S/C32H36N2O12S/c1-14(7-8-42-17-4-5-18-21(11-17)47-12-33-18)28-26(39)27(40)32(46-28)45-20-6-3-16(10-19(20)35)9-15(2)31(41)34-22-23(36)25(38)30-29(24(22)37)43-13-44-30/h3-7,9-12,22-30,32,35-40H,8,13H2,1-2H3,(H,34,41)/b14-7-,15-9+/t22-,23+,24-,25-,26+,27+,28-,29+,30-,32-/m1/s1. The fraction of sp³-hybridized carbons (Fsp3) is 0.438. The molecular weight excluding hydrogens is 636 g/mol. The average Bonchev–Trinajstić information content (AvgIpc) is 3.80. The number of fused-ring (bicyclic) bond motifs is 2. The highest BCUT2D eigenvalue weighted by Gasteiger charge is 2.53. The minimum Gasteiger partial charge on any atom is -0.504 e. The van der Waals surface area contributed by atoms with E-state index < -0.39 is 67.1 Å². The molecule has 15 heteroatoms. The van der Waals surface area contributed by atoms with E-state index in [0.29, 0.717) is 16.9 Å². The van der Waals surface area contributed by atoms with E-state index in [9.17, 15) is 35.4 Å². The Balaban J connectivity index is 1.05. The van der Waals surface area contributed by atoms with Crippen LogP contribution in [-0.4, -0.2) is 116 Å². The summed E-state index contributed by atoms with van der Waals surface area (Å²) in [7, 11) is 0. The van der Waals surface area contributed by atoms with Crippen LogP contribution in [0.4, 0.5) is 0 Å². The Morgan fingerprint density at radius 3 is 2.53 bits per heavy atom. The summed E-state index contributed by atoms with van der Waals surface area (Å²) in [5, 5.41) is 65.9. The molecule has 3 aliphatic rings. The first-order valence-corrected chi connectivity index (χ1v) is 15.8. The van der Waals surface area contributed by atoms with Gasteiger partial charge in [-0.1, -0.05) is 6.07 Å². The Labute approximate surface area is 273 Å². The van der Waals surface area contributed by atoms with Gasteiger partial charge in [-0.2, -0.15) is 0 Å². The maximum Gasteiger partial charge on any atom is 0.247 e. The van der Waals surface area contributed by atoms with Gasteiger partial charge in [-0.3, -0.25) is 4.79 Å². The van der Waals surface area contributed by atoms with Gasteiger partial charge in [0.2, 0.25) is 12.2 Å². The number of aliphatic hydroxyl groups is 5. The third kappa shape index (κ3) is 6.85. The van der Waals surface area contributed by atoms with Crippen molar-refractivity contribution in [2.45, 2.75) is 75.0 Å². The quantitative estimate of drug-likeness (QED) is 0.123. The van der Waals surface area contributed by atoms with Gasteiger partial charge in [0.25, 0.3) is 0 Å². The van der Waals surface area contributed by atoms with E-state index in [0.717, 1.165) is 10.2 Å². The summed E-state index contributed by atoms with van der Waals surface area (Å²) < 4.78 is 28.8. The number of thiazole rings is 1. The number of carbonyl (C=O) groups excluding carboxylic acids is 1. The second kappa shape index (κ2) is 13.8. The largest absolute Gasteiger partial charge is 0.504 e. The SMILES string of the molecule is C/C(=C/COc1ccc2ncsc2c1)[C@H]1O[C@@H](Oc2ccc(/C=C(\C)C(=O)N[C@@H]3[C@H](O)[C@@H](O)[C@H]4OCO[C@H]4[C@@H]3O)cc2O)[C@@H](O)[C@@H]1O. The topological polar surface area (TPSA) is 210 Å². The van der Waals surface area contributed by atoms with Crippen LogP contribution in [0.1, 0.15) is 19.4 Å². The number of nitrogens with zero attached hydrogens (tertiary/aromatic N) is 1. The highest BCUT2D eigenvalue weighted by Crippen LogP contribution is 2.34. The van der Waals surface area contributed by atoms with Crippen LogP contribution >= 0.6 is 11.3 Å². The van der Waals surface area contributed by atoms with Gasteiger partial charge in [-0.15, -0.1) is 11.3 Å². The molecule has 1 aromatic heterocycles. The molecule has 10 atom stereocenters. The number of carbonyl (C=O) groups is 1. The zero-order valence-electron chi connectivity index (χ0n) is 25.4. The Bertz CT molecular complexity index is 1660. The van der Waals surface area contributed by atoms with E-state index >= 15 is 0 Å². The van der Waals surface area contributed by atoms with Crippen molar-refractivity contribution in [2.24, 2.45) is 0 Å². The molecule has 0 radical (unpaired) electrons. The van der Waals surface area contributed by atoms with Gasteiger partial charge in [-0.05, 0) is 67.5 Å². The number of aromatic nitrogens is 1. The molecule has 47 heavy (non-hydrogen) atoms. The van der Waals surface area contributed by atoms with E-state index in [1.165, 1.54) is 36.5 Å². The molecule has 3 fully saturated rings. The van der Waals surface area contributed by atoms with Crippen LogP contribution in [0.2, 0.25) is 0 Å². The first kappa shape index (κ1) is 33.3. The van der Waals surface area contributed by atoms with Gasteiger partial charge in [0.1, 0.15) is 68.0 Å². The van der Waals surface area contributed by atoms with Crippen molar-refractivity contribution in [3.8, 4) is 17.2 Å². The number of benzene rings is 2. The molecule has 0 unspecified atom stereocenters. The van der Waals surface area contributed by atoms with Crippen LogP contribution < -0.4 is 14.8 Å². The van der Waals surface area contributed by atoms with Crippen molar-refractivity contribution in [1.29, 1.82) is 0 Å². The number of phenols is 1. The lowest BCUT2D eigenvalue weighted by molar-refractivity contribution is -0.155. The number of aromatic hydroxyl groups is 1. The number of hydrogen-bond acceptors (Lipinski definition) is 14. The number of aliphatic hydroxyl groups excluding tert-OH is 5. The number of rotatable bonds is 9. The highest BCUT2D eigenvalue weighted by molar-refractivity contribution is 7.16. The minimum absolute atomic E-state index is 0.0274. The fourth-order valence-corrected chi connectivity index (χ4v) is 6.52. The van der Waals surface area contributed by atoms with E-state index in [4.69, 9.17) is 23.7 Å². The lowest BCUT2D eigenvalue weighted by Crippen LogP contribution is -2.67. The lowest BCUT2D eigenvalue weighted by Gasteiger charge is -2.41. The first-order valence-electron chi connectivity index (χ1n) is 14.9. The molecule has 0 bridgehead atoms. The Kier molecular flexibility index (Phi) is 9.80. The van der Waals surface area contributed by atoms with Gasteiger partial charge in [0, 0.05) is 5.57 Å². The second-order valence-corrected chi connectivity index (χ2v) is 12.6. The molecule has 7 N–H and O–H groups in total. The Morgan fingerprint density at radius 1 is 1.00 bits per heavy atom.